The van der Waals surface area contributed by atoms with Crippen LogP contribution < -0.4 is 10.1 Å². The van der Waals surface area contributed by atoms with Gasteiger partial charge in [-0.05, 0) is 50.3 Å². The van der Waals surface area contributed by atoms with Gasteiger partial charge in [0.15, 0.2) is 6.10 Å². The fraction of sp³-hybridized carbons (Fsp3) is 0.588. The predicted molar refractivity (Wildman–Crippen MR) is 81.0 cm³/mol. The molecule has 0 bridgehead atoms. The topological polar surface area (TPSA) is 38.3 Å². The molecule has 1 aromatic carbocycles. The number of ether oxygens (including phenoxy) is 1. The van der Waals surface area contributed by atoms with Crippen molar-refractivity contribution in [1.82, 2.24) is 5.32 Å². The molecule has 1 amide bonds. The Morgan fingerprint density at radius 1 is 1.35 bits per heavy atom. The van der Waals surface area contributed by atoms with E-state index >= 15 is 0 Å². The number of rotatable bonds is 5. The minimum atomic E-state index is -0.392. The summed E-state index contributed by atoms with van der Waals surface area (Å²) in [5.41, 5.74) is 2.22. The molecule has 0 saturated heterocycles. The summed E-state index contributed by atoms with van der Waals surface area (Å²) in [6, 6.07) is 6.44. The van der Waals surface area contributed by atoms with Crippen molar-refractivity contribution in [2.24, 2.45) is 0 Å². The fourth-order valence-corrected chi connectivity index (χ4v) is 2.67. The first-order valence-electron chi connectivity index (χ1n) is 7.64. The van der Waals surface area contributed by atoms with Gasteiger partial charge in [-0.1, -0.05) is 31.9 Å². The van der Waals surface area contributed by atoms with E-state index in [2.05, 4.69) is 11.4 Å². The molecule has 2 rings (SSSR count). The highest BCUT2D eigenvalue weighted by atomic mass is 16.5. The molecule has 0 aromatic heterocycles. The predicted octanol–water partition coefficient (Wildman–Crippen LogP) is 3.52. The third-order valence-electron chi connectivity index (χ3n) is 3.98. The second-order valence-electron chi connectivity index (χ2n) is 5.77. The van der Waals surface area contributed by atoms with Crippen molar-refractivity contribution >= 4 is 5.91 Å². The highest BCUT2D eigenvalue weighted by Gasteiger charge is 2.23. The molecule has 1 aliphatic carbocycles. The Hall–Kier alpha value is -1.51. The number of benzene rings is 1. The first-order valence-corrected chi connectivity index (χ1v) is 7.64. The summed E-state index contributed by atoms with van der Waals surface area (Å²) in [6.45, 7) is 6.03. The molecule has 0 aliphatic heterocycles. The molecule has 110 valence electrons. The van der Waals surface area contributed by atoms with E-state index in [4.69, 9.17) is 4.74 Å². The Labute approximate surface area is 121 Å². The summed E-state index contributed by atoms with van der Waals surface area (Å²) < 4.78 is 5.94. The normalized spacial score (nSPS) is 16.9. The lowest BCUT2D eigenvalue weighted by Gasteiger charge is -2.21. The molecule has 1 aliphatic rings. The minimum Gasteiger partial charge on any atom is -0.480 e. The van der Waals surface area contributed by atoms with Gasteiger partial charge in [0.1, 0.15) is 5.75 Å². The van der Waals surface area contributed by atoms with Crippen LogP contribution in [0.15, 0.2) is 18.2 Å². The van der Waals surface area contributed by atoms with Crippen LogP contribution >= 0.6 is 0 Å². The Morgan fingerprint density at radius 2 is 2.05 bits per heavy atom. The maximum Gasteiger partial charge on any atom is 0.261 e. The zero-order valence-electron chi connectivity index (χ0n) is 12.7. The Bertz CT molecular complexity index is 464. The fourth-order valence-electron chi connectivity index (χ4n) is 2.67. The molecule has 0 radical (unpaired) electrons. The average molecular weight is 275 g/mol. The summed E-state index contributed by atoms with van der Waals surface area (Å²) in [4.78, 5) is 12.3. The third-order valence-corrected chi connectivity index (χ3v) is 3.98. The van der Waals surface area contributed by atoms with E-state index < -0.39 is 6.10 Å². The Morgan fingerprint density at radius 3 is 2.70 bits per heavy atom. The highest BCUT2D eigenvalue weighted by molar-refractivity contribution is 5.81. The minimum absolute atomic E-state index is 0.0281. The molecule has 3 heteroatoms. The van der Waals surface area contributed by atoms with Gasteiger partial charge in [0, 0.05) is 6.04 Å². The molecule has 0 spiro atoms. The van der Waals surface area contributed by atoms with Gasteiger partial charge >= 0.3 is 0 Å². The summed E-state index contributed by atoms with van der Waals surface area (Å²) in [5, 5.41) is 3.12. The zero-order chi connectivity index (χ0) is 14.5. The maximum atomic E-state index is 12.3. The number of nitrogens with one attached hydrogen (secondary N) is 1. The number of carbonyl (C=O) groups excluding carboxylic acids is 1. The molecular formula is C17H25NO2. The largest absolute Gasteiger partial charge is 0.480 e. The van der Waals surface area contributed by atoms with Gasteiger partial charge in [0.25, 0.3) is 5.91 Å². The molecule has 1 aromatic rings. The summed E-state index contributed by atoms with van der Waals surface area (Å²) >= 11 is 0. The molecular weight excluding hydrogens is 250 g/mol. The van der Waals surface area contributed by atoms with E-state index in [-0.39, 0.29) is 5.91 Å². The van der Waals surface area contributed by atoms with Crippen molar-refractivity contribution in [3.63, 3.8) is 0 Å². The smallest absolute Gasteiger partial charge is 0.261 e. The monoisotopic (exact) mass is 275 g/mol. The van der Waals surface area contributed by atoms with Gasteiger partial charge in [0.05, 0.1) is 0 Å². The lowest BCUT2D eigenvalue weighted by atomic mass is 10.1. The summed E-state index contributed by atoms with van der Waals surface area (Å²) in [5.74, 6) is 0.846. The van der Waals surface area contributed by atoms with Crippen LogP contribution in [0.4, 0.5) is 0 Å². The molecule has 1 fully saturated rings. The molecule has 1 saturated carbocycles. The number of carbonyl (C=O) groups is 1. The van der Waals surface area contributed by atoms with E-state index in [9.17, 15) is 4.79 Å². The van der Waals surface area contributed by atoms with Crippen molar-refractivity contribution in [2.45, 2.75) is 65.0 Å². The van der Waals surface area contributed by atoms with Crippen molar-refractivity contribution in [3.05, 3.63) is 29.3 Å². The van der Waals surface area contributed by atoms with Crippen molar-refractivity contribution in [3.8, 4) is 5.75 Å². The molecule has 1 N–H and O–H groups in total. The van der Waals surface area contributed by atoms with Crippen molar-refractivity contribution < 1.29 is 9.53 Å². The SMILES string of the molecule is CC[C@H](Oc1cc(C)ccc1C)C(=O)NC1CCCC1. The summed E-state index contributed by atoms with van der Waals surface area (Å²) in [6.07, 6.45) is 4.94. The van der Waals surface area contributed by atoms with Crippen molar-refractivity contribution in [2.75, 3.05) is 0 Å². The Kier molecular flexibility index (Phi) is 5.05. The highest BCUT2D eigenvalue weighted by Crippen LogP contribution is 2.22. The average Bonchev–Trinajstić information content (AvgIpc) is 2.92. The van der Waals surface area contributed by atoms with Gasteiger partial charge in [-0.3, -0.25) is 4.79 Å². The quantitative estimate of drug-likeness (QED) is 0.893. The van der Waals surface area contributed by atoms with E-state index in [0.29, 0.717) is 12.5 Å². The van der Waals surface area contributed by atoms with E-state index in [1.807, 2.05) is 32.9 Å². The number of hydrogen-bond acceptors (Lipinski definition) is 2. The van der Waals surface area contributed by atoms with Crippen LogP contribution in [-0.2, 0) is 4.79 Å². The van der Waals surface area contributed by atoms with E-state index in [1.54, 1.807) is 0 Å². The standard InChI is InChI=1S/C17H25NO2/c1-4-15(17(19)18-14-7-5-6-8-14)20-16-11-12(2)9-10-13(16)3/h9-11,14-15H,4-8H2,1-3H3,(H,18,19)/t15-/m0/s1. The number of aryl methyl sites for hydroxylation is 2. The van der Waals surface area contributed by atoms with E-state index in [0.717, 1.165) is 29.7 Å². The van der Waals surface area contributed by atoms with Crippen LogP contribution in [0.5, 0.6) is 5.75 Å². The second-order valence-corrected chi connectivity index (χ2v) is 5.77. The van der Waals surface area contributed by atoms with Crippen LogP contribution in [0.2, 0.25) is 0 Å². The molecule has 0 unspecified atom stereocenters. The van der Waals surface area contributed by atoms with Gasteiger partial charge in [-0.2, -0.15) is 0 Å². The van der Waals surface area contributed by atoms with Gasteiger partial charge in [-0.15, -0.1) is 0 Å². The first kappa shape index (κ1) is 14.9. The van der Waals surface area contributed by atoms with Crippen molar-refractivity contribution in [1.29, 1.82) is 0 Å². The van der Waals surface area contributed by atoms with E-state index in [1.165, 1.54) is 12.8 Å². The summed E-state index contributed by atoms with van der Waals surface area (Å²) in [7, 11) is 0. The van der Waals surface area contributed by atoms with Crippen LogP contribution in [-0.4, -0.2) is 18.1 Å². The Balaban J connectivity index is 2.00. The zero-order valence-corrected chi connectivity index (χ0v) is 12.7. The maximum absolute atomic E-state index is 12.3. The number of hydrogen-bond donors (Lipinski definition) is 1. The van der Waals surface area contributed by atoms with Gasteiger partial charge in [-0.25, -0.2) is 0 Å². The van der Waals surface area contributed by atoms with Crippen LogP contribution in [0, 0.1) is 13.8 Å². The molecule has 3 nitrogen and oxygen atoms in total. The van der Waals surface area contributed by atoms with Gasteiger partial charge < -0.3 is 10.1 Å². The lowest BCUT2D eigenvalue weighted by molar-refractivity contribution is -0.128. The van der Waals surface area contributed by atoms with Crippen LogP contribution in [0.25, 0.3) is 0 Å². The molecule has 0 heterocycles. The van der Waals surface area contributed by atoms with Crippen LogP contribution in [0.1, 0.15) is 50.2 Å². The molecule has 20 heavy (non-hydrogen) atoms. The number of amides is 1. The first-order chi connectivity index (χ1) is 9.60. The third kappa shape index (κ3) is 3.75. The van der Waals surface area contributed by atoms with Crippen LogP contribution in [0.3, 0.4) is 0 Å². The lowest BCUT2D eigenvalue weighted by Crippen LogP contribution is -2.42. The second kappa shape index (κ2) is 6.78. The van der Waals surface area contributed by atoms with Gasteiger partial charge in [0.2, 0.25) is 0 Å². The molecule has 1 atom stereocenters.